The molecule has 20 heavy (non-hydrogen) atoms. The van der Waals surface area contributed by atoms with Gasteiger partial charge in [-0.2, -0.15) is 11.8 Å². The predicted octanol–water partition coefficient (Wildman–Crippen LogP) is 2.69. The van der Waals surface area contributed by atoms with Gasteiger partial charge in [0.2, 0.25) is 0 Å². The van der Waals surface area contributed by atoms with E-state index in [0.29, 0.717) is 6.04 Å². The molecule has 0 aromatic carbocycles. The van der Waals surface area contributed by atoms with Crippen LogP contribution < -0.4 is 0 Å². The second-order valence-corrected chi connectivity index (χ2v) is 6.85. The van der Waals surface area contributed by atoms with Crippen LogP contribution in [0.1, 0.15) is 24.7 Å². The van der Waals surface area contributed by atoms with E-state index in [4.69, 9.17) is 9.72 Å². The molecule has 2 aliphatic rings. The quantitative estimate of drug-likeness (QED) is 0.871. The molecular weight excluding hydrogens is 270 g/mol. The Morgan fingerprint density at radius 3 is 3.20 bits per heavy atom. The zero-order valence-corrected chi connectivity index (χ0v) is 12.3. The standard InChI is InChI=1S/C15H19N3OS/c1-2-13-15(16-5-1)18(12-3-6-19-9-12)14(17-13)8-11-4-7-20-10-11/h1-2,5,11-12H,3-4,6-10H2. The number of imidazole rings is 1. The Kier molecular flexibility index (Phi) is 3.40. The Morgan fingerprint density at radius 2 is 2.40 bits per heavy atom. The fourth-order valence-electron chi connectivity index (χ4n) is 3.23. The number of thioether (sulfide) groups is 1. The predicted molar refractivity (Wildman–Crippen MR) is 81.1 cm³/mol. The number of nitrogens with zero attached hydrogens (tertiary/aromatic N) is 3. The molecule has 0 bridgehead atoms. The average Bonchev–Trinajstić information content (AvgIpc) is 3.18. The number of hydrogen-bond donors (Lipinski definition) is 0. The summed E-state index contributed by atoms with van der Waals surface area (Å²) < 4.78 is 7.93. The van der Waals surface area contributed by atoms with E-state index >= 15 is 0 Å². The molecule has 2 unspecified atom stereocenters. The van der Waals surface area contributed by atoms with Gasteiger partial charge in [-0.25, -0.2) is 9.97 Å². The maximum Gasteiger partial charge on any atom is 0.160 e. The van der Waals surface area contributed by atoms with Gasteiger partial charge in [-0.15, -0.1) is 0 Å². The summed E-state index contributed by atoms with van der Waals surface area (Å²) in [5, 5.41) is 0. The lowest BCUT2D eigenvalue weighted by molar-refractivity contribution is 0.186. The Labute approximate surface area is 122 Å². The van der Waals surface area contributed by atoms with Gasteiger partial charge in [-0.3, -0.25) is 0 Å². The number of pyridine rings is 1. The van der Waals surface area contributed by atoms with Gasteiger partial charge < -0.3 is 9.30 Å². The number of rotatable bonds is 3. The van der Waals surface area contributed by atoms with Crippen molar-refractivity contribution in [1.82, 2.24) is 14.5 Å². The molecule has 2 aromatic rings. The Bertz CT molecular complexity index is 600. The van der Waals surface area contributed by atoms with Crippen molar-refractivity contribution in [3.63, 3.8) is 0 Å². The molecular formula is C15H19N3OS. The third-order valence-electron chi connectivity index (χ3n) is 4.29. The molecule has 0 amide bonds. The lowest BCUT2D eigenvalue weighted by Gasteiger charge is -2.16. The van der Waals surface area contributed by atoms with E-state index in [-0.39, 0.29) is 0 Å². The lowest BCUT2D eigenvalue weighted by Crippen LogP contribution is -2.16. The van der Waals surface area contributed by atoms with E-state index in [9.17, 15) is 0 Å². The Morgan fingerprint density at radius 1 is 1.40 bits per heavy atom. The molecule has 4 nitrogen and oxygen atoms in total. The largest absolute Gasteiger partial charge is 0.379 e. The summed E-state index contributed by atoms with van der Waals surface area (Å²) in [5.41, 5.74) is 2.06. The fraction of sp³-hybridized carbons (Fsp3) is 0.600. The van der Waals surface area contributed by atoms with Crippen molar-refractivity contribution < 1.29 is 4.74 Å². The first-order chi connectivity index (χ1) is 9.92. The van der Waals surface area contributed by atoms with Crippen LogP contribution in [0.3, 0.4) is 0 Å². The van der Waals surface area contributed by atoms with Gasteiger partial charge in [-0.1, -0.05) is 0 Å². The highest BCUT2D eigenvalue weighted by Crippen LogP contribution is 2.30. The highest BCUT2D eigenvalue weighted by atomic mass is 32.2. The topological polar surface area (TPSA) is 39.9 Å². The molecule has 0 radical (unpaired) electrons. The SMILES string of the molecule is c1cnc2c(c1)nc(CC1CCSC1)n2C1CCOC1. The molecule has 2 fully saturated rings. The molecule has 2 aromatic heterocycles. The van der Waals surface area contributed by atoms with Crippen LogP contribution >= 0.6 is 11.8 Å². The fourth-order valence-corrected chi connectivity index (χ4v) is 4.52. The smallest absolute Gasteiger partial charge is 0.160 e. The van der Waals surface area contributed by atoms with Crippen LogP contribution in [-0.4, -0.2) is 39.3 Å². The summed E-state index contributed by atoms with van der Waals surface area (Å²) in [4.78, 5) is 9.42. The first kappa shape index (κ1) is 12.7. The number of aromatic nitrogens is 3. The molecule has 0 spiro atoms. The number of ether oxygens (including phenoxy) is 1. The summed E-state index contributed by atoms with van der Waals surface area (Å²) in [7, 11) is 0. The van der Waals surface area contributed by atoms with Gasteiger partial charge in [0, 0.05) is 19.2 Å². The summed E-state index contributed by atoms with van der Waals surface area (Å²) in [6.07, 6.45) is 5.35. The molecule has 4 rings (SSSR count). The molecule has 2 atom stereocenters. The number of hydrogen-bond acceptors (Lipinski definition) is 4. The van der Waals surface area contributed by atoms with Crippen LogP contribution in [0.4, 0.5) is 0 Å². The van der Waals surface area contributed by atoms with Gasteiger partial charge in [0.25, 0.3) is 0 Å². The highest BCUT2D eigenvalue weighted by Gasteiger charge is 2.26. The van der Waals surface area contributed by atoms with E-state index < -0.39 is 0 Å². The highest BCUT2D eigenvalue weighted by molar-refractivity contribution is 7.99. The van der Waals surface area contributed by atoms with E-state index in [0.717, 1.165) is 43.1 Å². The maximum atomic E-state index is 5.57. The second-order valence-electron chi connectivity index (χ2n) is 5.70. The summed E-state index contributed by atoms with van der Waals surface area (Å²) in [6, 6.07) is 4.46. The van der Waals surface area contributed by atoms with Crippen LogP contribution in [0.15, 0.2) is 18.3 Å². The normalized spacial score (nSPS) is 26.6. The second kappa shape index (κ2) is 5.37. The van der Waals surface area contributed by atoms with Crippen molar-refractivity contribution >= 4 is 22.9 Å². The molecule has 0 saturated carbocycles. The van der Waals surface area contributed by atoms with Crippen molar-refractivity contribution in [3.05, 3.63) is 24.2 Å². The van der Waals surface area contributed by atoms with E-state index in [1.54, 1.807) is 0 Å². The third-order valence-corrected chi connectivity index (χ3v) is 5.52. The minimum absolute atomic E-state index is 0.416. The van der Waals surface area contributed by atoms with Gasteiger partial charge in [-0.05, 0) is 42.4 Å². The lowest BCUT2D eigenvalue weighted by atomic mass is 10.0. The van der Waals surface area contributed by atoms with Crippen LogP contribution in [0.25, 0.3) is 11.2 Å². The van der Waals surface area contributed by atoms with Crippen molar-refractivity contribution in [2.24, 2.45) is 5.92 Å². The molecule has 0 aliphatic carbocycles. The van der Waals surface area contributed by atoms with E-state index in [1.807, 2.05) is 12.3 Å². The summed E-state index contributed by atoms with van der Waals surface area (Å²) >= 11 is 2.07. The minimum atomic E-state index is 0.416. The molecule has 2 saturated heterocycles. The molecule has 2 aliphatic heterocycles. The Balaban J connectivity index is 1.74. The minimum Gasteiger partial charge on any atom is -0.379 e. The van der Waals surface area contributed by atoms with Gasteiger partial charge >= 0.3 is 0 Å². The maximum absolute atomic E-state index is 5.57. The van der Waals surface area contributed by atoms with Gasteiger partial charge in [0.1, 0.15) is 11.3 Å². The Hall–Kier alpha value is -1.07. The monoisotopic (exact) mass is 289 g/mol. The molecule has 0 N–H and O–H groups in total. The molecule has 4 heterocycles. The molecule has 106 valence electrons. The zero-order valence-electron chi connectivity index (χ0n) is 11.5. The van der Waals surface area contributed by atoms with Crippen LogP contribution in [0, 0.1) is 5.92 Å². The van der Waals surface area contributed by atoms with Crippen LogP contribution in [-0.2, 0) is 11.2 Å². The van der Waals surface area contributed by atoms with Crippen LogP contribution in [0.2, 0.25) is 0 Å². The first-order valence-electron chi connectivity index (χ1n) is 7.39. The first-order valence-corrected chi connectivity index (χ1v) is 8.54. The van der Waals surface area contributed by atoms with E-state index in [1.165, 1.54) is 23.8 Å². The van der Waals surface area contributed by atoms with Gasteiger partial charge in [0.05, 0.1) is 12.6 Å². The van der Waals surface area contributed by atoms with Crippen molar-refractivity contribution in [2.75, 3.05) is 24.7 Å². The third kappa shape index (κ3) is 2.23. The van der Waals surface area contributed by atoms with Crippen molar-refractivity contribution in [1.29, 1.82) is 0 Å². The summed E-state index contributed by atoms with van der Waals surface area (Å²) in [6.45, 7) is 1.66. The van der Waals surface area contributed by atoms with Crippen molar-refractivity contribution in [2.45, 2.75) is 25.3 Å². The van der Waals surface area contributed by atoms with Crippen LogP contribution in [0.5, 0.6) is 0 Å². The number of fused-ring (bicyclic) bond motifs is 1. The van der Waals surface area contributed by atoms with Crippen molar-refractivity contribution in [3.8, 4) is 0 Å². The average molecular weight is 289 g/mol. The van der Waals surface area contributed by atoms with E-state index in [2.05, 4.69) is 27.4 Å². The molecule has 5 heteroatoms. The zero-order chi connectivity index (χ0) is 13.4. The summed E-state index contributed by atoms with van der Waals surface area (Å²) in [5.74, 6) is 4.56. The van der Waals surface area contributed by atoms with Gasteiger partial charge in [0.15, 0.2) is 5.65 Å².